The number of aromatic amines is 1. The highest BCUT2D eigenvalue weighted by atomic mass is 32.2. The second-order valence-electron chi connectivity index (χ2n) is 5.51. The van der Waals surface area contributed by atoms with Gasteiger partial charge in [0.1, 0.15) is 17.2 Å². The minimum atomic E-state index is -0.169. The van der Waals surface area contributed by atoms with E-state index in [4.69, 9.17) is 0 Å². The number of para-hydroxylation sites is 2. The Kier molecular flexibility index (Phi) is 5.14. The van der Waals surface area contributed by atoms with E-state index in [0.717, 1.165) is 29.0 Å². The van der Waals surface area contributed by atoms with Gasteiger partial charge in [0.25, 0.3) is 0 Å². The second-order valence-corrected chi connectivity index (χ2v) is 6.50. The van der Waals surface area contributed by atoms with E-state index in [9.17, 15) is 4.79 Å². The molecule has 2 aromatic heterocycles. The zero-order chi connectivity index (χ0) is 16.9. The Bertz CT molecular complexity index is 796. The number of benzene rings is 1. The third-order valence-corrected chi connectivity index (χ3v) is 4.40. The van der Waals surface area contributed by atoms with Crippen LogP contribution in [0, 0.1) is 6.92 Å². The molecule has 7 nitrogen and oxygen atoms in total. The van der Waals surface area contributed by atoms with E-state index in [1.807, 2.05) is 30.5 Å². The molecule has 2 heterocycles. The number of hydrogen-bond donors (Lipinski definition) is 2. The summed E-state index contributed by atoms with van der Waals surface area (Å²) in [4.78, 5) is 20.3. The highest BCUT2D eigenvalue weighted by molar-refractivity contribution is 7.98. The van der Waals surface area contributed by atoms with Gasteiger partial charge in [-0.05, 0) is 37.5 Å². The van der Waals surface area contributed by atoms with Crippen molar-refractivity contribution in [2.45, 2.75) is 25.8 Å². The van der Waals surface area contributed by atoms with Gasteiger partial charge < -0.3 is 10.3 Å². The SMILES string of the molecule is CSCC[C@@H](NC(=O)Cc1nonc1C)c1nc2ccccc2[nH]1. The summed E-state index contributed by atoms with van der Waals surface area (Å²) < 4.78 is 4.64. The van der Waals surface area contributed by atoms with Crippen molar-refractivity contribution in [3.8, 4) is 0 Å². The van der Waals surface area contributed by atoms with Crippen LogP contribution in [0.4, 0.5) is 0 Å². The lowest BCUT2D eigenvalue weighted by atomic mass is 10.2. The summed E-state index contributed by atoms with van der Waals surface area (Å²) in [7, 11) is 0. The number of imidazole rings is 1. The Morgan fingerprint density at radius 3 is 2.92 bits per heavy atom. The van der Waals surface area contributed by atoms with Gasteiger partial charge in [-0.15, -0.1) is 0 Å². The molecule has 0 fully saturated rings. The van der Waals surface area contributed by atoms with Crippen molar-refractivity contribution < 1.29 is 9.42 Å². The fraction of sp³-hybridized carbons (Fsp3) is 0.375. The van der Waals surface area contributed by atoms with Crippen LogP contribution < -0.4 is 5.32 Å². The first-order valence-corrected chi connectivity index (χ1v) is 9.07. The number of H-pyrrole nitrogens is 1. The maximum absolute atomic E-state index is 12.4. The van der Waals surface area contributed by atoms with Crippen LogP contribution in [0.1, 0.15) is 29.7 Å². The van der Waals surface area contributed by atoms with E-state index in [1.54, 1.807) is 18.7 Å². The summed E-state index contributed by atoms with van der Waals surface area (Å²) in [5, 5.41) is 10.5. The average molecular weight is 345 g/mol. The van der Waals surface area contributed by atoms with Crippen LogP contribution in [0.5, 0.6) is 0 Å². The number of nitrogens with zero attached hydrogens (tertiary/aromatic N) is 3. The molecule has 3 aromatic rings. The standard InChI is InChI=1S/C16H19N5O2S/c1-10-14(21-23-20-10)9-15(22)17-13(7-8-24-2)16-18-11-5-3-4-6-12(11)19-16/h3-6,13H,7-9H2,1-2H3,(H,17,22)(H,18,19)/t13-/m1/s1. The molecule has 1 aromatic carbocycles. The molecule has 126 valence electrons. The number of aromatic nitrogens is 4. The molecule has 1 amide bonds. The summed E-state index contributed by atoms with van der Waals surface area (Å²) in [6.45, 7) is 1.77. The van der Waals surface area contributed by atoms with E-state index in [-0.39, 0.29) is 18.4 Å². The Labute approximate surface area is 143 Å². The van der Waals surface area contributed by atoms with Crippen molar-refractivity contribution >= 4 is 28.7 Å². The van der Waals surface area contributed by atoms with E-state index in [1.165, 1.54) is 0 Å². The average Bonchev–Trinajstić information content (AvgIpc) is 3.17. The fourth-order valence-corrected chi connectivity index (χ4v) is 2.93. The van der Waals surface area contributed by atoms with Gasteiger partial charge in [-0.2, -0.15) is 11.8 Å². The van der Waals surface area contributed by atoms with E-state index in [2.05, 4.69) is 30.2 Å². The van der Waals surface area contributed by atoms with Crippen LogP contribution in [0.15, 0.2) is 28.9 Å². The molecule has 0 aliphatic rings. The summed E-state index contributed by atoms with van der Waals surface area (Å²) in [6, 6.07) is 7.66. The predicted molar refractivity (Wildman–Crippen MR) is 92.7 cm³/mol. The predicted octanol–water partition coefficient (Wildman–Crippen LogP) is 2.41. The van der Waals surface area contributed by atoms with Crippen molar-refractivity contribution in [2.75, 3.05) is 12.0 Å². The molecule has 0 saturated heterocycles. The Morgan fingerprint density at radius 2 is 2.21 bits per heavy atom. The van der Waals surface area contributed by atoms with Gasteiger partial charge in [0.2, 0.25) is 5.91 Å². The van der Waals surface area contributed by atoms with Gasteiger partial charge in [-0.1, -0.05) is 22.4 Å². The zero-order valence-electron chi connectivity index (χ0n) is 13.6. The number of thioether (sulfide) groups is 1. The third kappa shape index (κ3) is 3.76. The van der Waals surface area contributed by atoms with E-state index in [0.29, 0.717) is 11.4 Å². The lowest BCUT2D eigenvalue weighted by molar-refractivity contribution is -0.121. The van der Waals surface area contributed by atoms with Crippen LogP contribution in [0.3, 0.4) is 0 Å². The van der Waals surface area contributed by atoms with Crippen molar-refractivity contribution in [3.05, 3.63) is 41.5 Å². The normalized spacial score (nSPS) is 12.4. The lowest BCUT2D eigenvalue weighted by Crippen LogP contribution is -2.31. The van der Waals surface area contributed by atoms with Crippen LogP contribution >= 0.6 is 11.8 Å². The van der Waals surface area contributed by atoms with Gasteiger partial charge in [-0.3, -0.25) is 4.79 Å². The van der Waals surface area contributed by atoms with E-state index < -0.39 is 0 Å². The molecule has 0 aliphatic carbocycles. The number of fused-ring (bicyclic) bond motifs is 1. The quantitative estimate of drug-likeness (QED) is 0.682. The molecule has 24 heavy (non-hydrogen) atoms. The largest absolute Gasteiger partial charge is 0.346 e. The number of aryl methyl sites for hydroxylation is 1. The Morgan fingerprint density at radius 1 is 1.38 bits per heavy atom. The molecule has 0 aliphatic heterocycles. The fourth-order valence-electron chi connectivity index (χ4n) is 2.46. The van der Waals surface area contributed by atoms with Crippen molar-refractivity contribution in [1.82, 2.24) is 25.6 Å². The molecular formula is C16H19N5O2S. The molecule has 0 spiro atoms. The number of nitrogens with one attached hydrogen (secondary N) is 2. The first-order chi connectivity index (χ1) is 11.7. The first-order valence-electron chi connectivity index (χ1n) is 7.68. The maximum Gasteiger partial charge on any atom is 0.226 e. The topological polar surface area (TPSA) is 96.7 Å². The number of carbonyl (C=O) groups excluding carboxylic acids is 1. The molecule has 1 atom stereocenters. The van der Waals surface area contributed by atoms with Crippen molar-refractivity contribution in [3.63, 3.8) is 0 Å². The summed E-state index contributed by atoms with van der Waals surface area (Å²) in [6.07, 6.45) is 2.98. The highest BCUT2D eigenvalue weighted by Gasteiger charge is 2.19. The van der Waals surface area contributed by atoms with Crippen molar-refractivity contribution in [2.24, 2.45) is 0 Å². The van der Waals surface area contributed by atoms with Crippen molar-refractivity contribution in [1.29, 1.82) is 0 Å². The van der Waals surface area contributed by atoms with Crippen LogP contribution in [-0.2, 0) is 11.2 Å². The monoisotopic (exact) mass is 345 g/mol. The zero-order valence-corrected chi connectivity index (χ0v) is 14.4. The van der Waals surface area contributed by atoms with Crippen LogP contribution in [-0.4, -0.2) is 38.2 Å². The van der Waals surface area contributed by atoms with Gasteiger partial charge in [0.05, 0.1) is 23.5 Å². The molecular weight excluding hydrogens is 326 g/mol. The lowest BCUT2D eigenvalue weighted by Gasteiger charge is -2.16. The molecule has 2 N–H and O–H groups in total. The smallest absolute Gasteiger partial charge is 0.226 e. The summed E-state index contributed by atoms with van der Waals surface area (Å²) in [5.74, 6) is 1.57. The number of hydrogen-bond acceptors (Lipinski definition) is 6. The van der Waals surface area contributed by atoms with Crippen LogP contribution in [0.25, 0.3) is 11.0 Å². The maximum atomic E-state index is 12.4. The summed E-state index contributed by atoms with van der Waals surface area (Å²) >= 11 is 1.74. The van der Waals surface area contributed by atoms with E-state index >= 15 is 0 Å². The number of amides is 1. The Balaban J connectivity index is 1.75. The molecule has 0 unspecified atom stereocenters. The molecule has 3 rings (SSSR count). The second kappa shape index (κ2) is 7.48. The minimum Gasteiger partial charge on any atom is -0.346 e. The molecule has 8 heteroatoms. The molecule has 0 bridgehead atoms. The molecule has 0 saturated carbocycles. The van der Waals surface area contributed by atoms with Gasteiger partial charge >= 0.3 is 0 Å². The van der Waals surface area contributed by atoms with Gasteiger partial charge in [0.15, 0.2) is 0 Å². The Hall–Kier alpha value is -2.35. The summed E-state index contributed by atoms with van der Waals surface area (Å²) in [5.41, 5.74) is 3.05. The molecule has 0 radical (unpaired) electrons. The first kappa shape index (κ1) is 16.5. The highest BCUT2D eigenvalue weighted by Crippen LogP contribution is 2.20. The van der Waals surface area contributed by atoms with Gasteiger partial charge in [-0.25, -0.2) is 9.61 Å². The number of carbonyl (C=O) groups is 1. The third-order valence-electron chi connectivity index (χ3n) is 3.76. The minimum absolute atomic E-state index is 0.125. The van der Waals surface area contributed by atoms with Crippen LogP contribution in [0.2, 0.25) is 0 Å². The number of rotatable bonds is 7. The van der Waals surface area contributed by atoms with Gasteiger partial charge in [0, 0.05) is 0 Å².